The van der Waals surface area contributed by atoms with Gasteiger partial charge in [0, 0.05) is 23.0 Å². The first kappa shape index (κ1) is 14.2. The quantitative estimate of drug-likeness (QED) is 0.663. The molecule has 108 valence electrons. The number of benzene rings is 2. The summed E-state index contributed by atoms with van der Waals surface area (Å²) in [6, 6.07) is 13.6. The number of nitrogens with zero attached hydrogens (tertiary/aromatic N) is 2. The van der Waals surface area contributed by atoms with Gasteiger partial charge in [-0.2, -0.15) is 0 Å². The minimum absolute atomic E-state index is 0.513. The minimum Gasteiger partial charge on any atom is -0.494 e. The highest BCUT2D eigenvalue weighted by atomic mass is 35.5. The summed E-state index contributed by atoms with van der Waals surface area (Å²) in [7, 11) is 1.65. The van der Waals surface area contributed by atoms with E-state index in [1.165, 1.54) is 0 Å². The van der Waals surface area contributed by atoms with Crippen LogP contribution in [0.25, 0.3) is 16.7 Å². The largest absolute Gasteiger partial charge is 0.494 e. The van der Waals surface area contributed by atoms with Crippen molar-refractivity contribution in [3.63, 3.8) is 0 Å². The van der Waals surface area contributed by atoms with E-state index >= 15 is 0 Å². The van der Waals surface area contributed by atoms with Gasteiger partial charge in [0.1, 0.15) is 17.1 Å². The number of hydrogen-bond donors (Lipinski definition) is 0. The zero-order valence-electron chi connectivity index (χ0n) is 11.5. The predicted octanol–water partition coefficient (Wildman–Crippen LogP) is 4.47. The van der Waals surface area contributed by atoms with Gasteiger partial charge in [-0.3, -0.25) is 4.57 Å². The van der Waals surface area contributed by atoms with Crippen LogP contribution in [0.15, 0.2) is 42.5 Å². The van der Waals surface area contributed by atoms with E-state index in [4.69, 9.17) is 32.9 Å². The standard InChI is InChI=1S/C16H14Cl2N2O/c1-21-14-4-2-3-13-16(14)19-15(9-10-17)20(13)12-7-5-11(18)6-8-12/h2-8H,9-10H2,1H3. The molecule has 21 heavy (non-hydrogen) atoms. The van der Waals surface area contributed by atoms with Gasteiger partial charge in [0.15, 0.2) is 0 Å². The molecule has 0 radical (unpaired) electrons. The van der Waals surface area contributed by atoms with Crippen LogP contribution in [0.5, 0.6) is 5.75 Å². The Kier molecular flexibility index (Phi) is 4.04. The second-order valence-corrected chi connectivity index (χ2v) is 5.42. The molecule has 0 aliphatic rings. The zero-order chi connectivity index (χ0) is 14.8. The van der Waals surface area contributed by atoms with E-state index in [1.807, 2.05) is 42.5 Å². The van der Waals surface area contributed by atoms with Crippen LogP contribution in [0, 0.1) is 0 Å². The predicted molar refractivity (Wildman–Crippen MR) is 87.1 cm³/mol. The van der Waals surface area contributed by atoms with Gasteiger partial charge in [0.25, 0.3) is 0 Å². The number of hydrogen-bond acceptors (Lipinski definition) is 2. The van der Waals surface area contributed by atoms with Crippen molar-refractivity contribution in [2.75, 3.05) is 13.0 Å². The Morgan fingerprint density at radius 3 is 2.57 bits per heavy atom. The summed E-state index contributed by atoms with van der Waals surface area (Å²) in [5.74, 6) is 2.18. The molecule has 1 aromatic heterocycles. The Morgan fingerprint density at radius 2 is 1.90 bits per heavy atom. The molecule has 2 aromatic carbocycles. The number of aryl methyl sites for hydroxylation is 1. The first-order valence-corrected chi connectivity index (χ1v) is 7.52. The van der Waals surface area contributed by atoms with Crippen molar-refractivity contribution in [3.05, 3.63) is 53.3 Å². The van der Waals surface area contributed by atoms with Crippen molar-refractivity contribution in [1.29, 1.82) is 0 Å². The van der Waals surface area contributed by atoms with Crippen LogP contribution in [0.3, 0.4) is 0 Å². The highest BCUT2D eigenvalue weighted by molar-refractivity contribution is 6.30. The minimum atomic E-state index is 0.513. The fraction of sp³-hybridized carbons (Fsp3) is 0.188. The summed E-state index contributed by atoms with van der Waals surface area (Å²) in [6.45, 7) is 0. The van der Waals surface area contributed by atoms with E-state index in [0.717, 1.165) is 28.3 Å². The van der Waals surface area contributed by atoms with E-state index in [2.05, 4.69) is 4.57 Å². The third-order valence-electron chi connectivity index (χ3n) is 3.34. The topological polar surface area (TPSA) is 27.1 Å². The van der Waals surface area contributed by atoms with Crippen LogP contribution < -0.4 is 4.74 Å². The van der Waals surface area contributed by atoms with Crippen molar-refractivity contribution < 1.29 is 4.74 Å². The highest BCUT2D eigenvalue weighted by Crippen LogP contribution is 2.29. The van der Waals surface area contributed by atoms with E-state index < -0.39 is 0 Å². The lowest BCUT2D eigenvalue weighted by Gasteiger charge is -2.09. The maximum atomic E-state index is 5.97. The van der Waals surface area contributed by atoms with Gasteiger partial charge in [-0.25, -0.2) is 4.98 Å². The molecule has 3 nitrogen and oxygen atoms in total. The molecule has 0 atom stereocenters. The summed E-state index contributed by atoms with van der Waals surface area (Å²) < 4.78 is 7.49. The Morgan fingerprint density at radius 1 is 1.14 bits per heavy atom. The molecule has 0 aliphatic carbocycles. The van der Waals surface area contributed by atoms with Crippen LogP contribution in [-0.4, -0.2) is 22.5 Å². The highest BCUT2D eigenvalue weighted by Gasteiger charge is 2.14. The molecule has 5 heteroatoms. The molecular formula is C16H14Cl2N2O. The SMILES string of the molecule is COc1cccc2c1nc(CCCl)n2-c1ccc(Cl)cc1. The number of halogens is 2. The molecule has 0 spiro atoms. The van der Waals surface area contributed by atoms with E-state index in [-0.39, 0.29) is 0 Å². The van der Waals surface area contributed by atoms with Gasteiger partial charge < -0.3 is 4.74 Å². The molecule has 0 bridgehead atoms. The van der Waals surface area contributed by atoms with Crippen molar-refractivity contribution >= 4 is 34.2 Å². The summed E-state index contributed by atoms with van der Waals surface area (Å²) in [6.07, 6.45) is 0.683. The number of para-hydroxylation sites is 1. The Balaban J connectivity index is 2.28. The number of fused-ring (bicyclic) bond motifs is 1. The second kappa shape index (κ2) is 5.96. The van der Waals surface area contributed by atoms with Crippen molar-refractivity contribution in [3.8, 4) is 11.4 Å². The summed E-state index contributed by atoms with van der Waals surface area (Å²) in [5, 5.41) is 0.708. The molecule has 1 heterocycles. The van der Waals surface area contributed by atoms with Crippen molar-refractivity contribution in [1.82, 2.24) is 9.55 Å². The van der Waals surface area contributed by atoms with Gasteiger partial charge in [-0.05, 0) is 36.4 Å². The molecule has 0 amide bonds. The maximum Gasteiger partial charge on any atom is 0.146 e. The average Bonchev–Trinajstić information content (AvgIpc) is 2.86. The first-order chi connectivity index (χ1) is 10.2. The molecule has 0 fully saturated rings. The molecule has 0 saturated heterocycles. The van der Waals surface area contributed by atoms with Crippen LogP contribution >= 0.6 is 23.2 Å². The lowest BCUT2D eigenvalue weighted by Crippen LogP contribution is -2.01. The van der Waals surface area contributed by atoms with Crippen molar-refractivity contribution in [2.24, 2.45) is 0 Å². The molecular weight excluding hydrogens is 307 g/mol. The average molecular weight is 321 g/mol. The smallest absolute Gasteiger partial charge is 0.146 e. The first-order valence-electron chi connectivity index (χ1n) is 6.61. The fourth-order valence-electron chi connectivity index (χ4n) is 2.42. The lowest BCUT2D eigenvalue weighted by molar-refractivity contribution is 0.419. The van der Waals surface area contributed by atoms with Gasteiger partial charge in [0.2, 0.25) is 0 Å². The third-order valence-corrected chi connectivity index (χ3v) is 3.78. The number of aromatic nitrogens is 2. The summed E-state index contributed by atoms with van der Waals surface area (Å²) >= 11 is 11.9. The van der Waals surface area contributed by atoms with Crippen molar-refractivity contribution in [2.45, 2.75) is 6.42 Å². The molecule has 0 N–H and O–H groups in total. The lowest BCUT2D eigenvalue weighted by atomic mass is 10.2. The molecule has 0 saturated carbocycles. The molecule has 0 aliphatic heterocycles. The van der Waals surface area contributed by atoms with E-state index in [0.29, 0.717) is 17.3 Å². The Hall–Kier alpha value is -1.71. The number of ether oxygens (including phenoxy) is 1. The maximum absolute atomic E-state index is 5.97. The van der Waals surface area contributed by atoms with Crippen LogP contribution in [-0.2, 0) is 6.42 Å². The number of methoxy groups -OCH3 is 1. The van der Waals surface area contributed by atoms with Gasteiger partial charge >= 0.3 is 0 Å². The summed E-state index contributed by atoms with van der Waals surface area (Å²) in [5.41, 5.74) is 2.85. The van der Waals surface area contributed by atoms with E-state index in [9.17, 15) is 0 Å². The van der Waals surface area contributed by atoms with E-state index in [1.54, 1.807) is 7.11 Å². The monoisotopic (exact) mass is 320 g/mol. The van der Waals surface area contributed by atoms with Gasteiger partial charge in [-0.1, -0.05) is 17.7 Å². The third kappa shape index (κ3) is 2.59. The normalized spacial score (nSPS) is 11.0. The molecule has 3 rings (SSSR count). The van der Waals surface area contributed by atoms with Crippen LogP contribution in [0.1, 0.15) is 5.82 Å². The zero-order valence-corrected chi connectivity index (χ0v) is 13.0. The second-order valence-electron chi connectivity index (χ2n) is 4.61. The Bertz CT molecular complexity index is 766. The van der Waals surface area contributed by atoms with Crippen LogP contribution in [0.2, 0.25) is 5.02 Å². The van der Waals surface area contributed by atoms with Crippen LogP contribution in [0.4, 0.5) is 0 Å². The molecule has 0 unspecified atom stereocenters. The number of rotatable bonds is 4. The van der Waals surface area contributed by atoms with Gasteiger partial charge in [0.05, 0.1) is 12.6 Å². The number of alkyl halides is 1. The molecule has 3 aromatic rings. The Labute approximate surface area is 133 Å². The summed E-state index contributed by atoms with van der Waals surface area (Å²) in [4.78, 5) is 4.69. The number of imidazole rings is 1. The van der Waals surface area contributed by atoms with Gasteiger partial charge in [-0.15, -0.1) is 11.6 Å². The fourth-order valence-corrected chi connectivity index (χ4v) is 2.71.